The number of rotatable bonds is 4. The van der Waals surface area contributed by atoms with E-state index in [1.165, 1.54) is 19.1 Å². The minimum absolute atomic E-state index is 0.0195. The molecule has 1 aromatic heterocycles. The molecule has 0 saturated heterocycles. The monoisotopic (exact) mass is 287 g/mol. The summed E-state index contributed by atoms with van der Waals surface area (Å²) in [6.45, 7) is 6.95. The van der Waals surface area contributed by atoms with Gasteiger partial charge in [0.05, 0.1) is 0 Å². The largest absolute Gasteiger partial charge is 0.475 e. The maximum atomic E-state index is 12.1. The van der Waals surface area contributed by atoms with Crippen molar-refractivity contribution in [3.8, 4) is 0 Å². The Kier molecular flexibility index (Phi) is 4.52. The van der Waals surface area contributed by atoms with Gasteiger partial charge in [-0.1, -0.05) is 0 Å². The Morgan fingerprint density at radius 1 is 1.37 bits per heavy atom. The number of carbonyl (C=O) groups is 2. The molecule has 0 aliphatic carbocycles. The Morgan fingerprint density at radius 3 is 2.37 bits per heavy atom. The van der Waals surface area contributed by atoms with Gasteiger partial charge in [-0.2, -0.15) is 0 Å². The highest BCUT2D eigenvalue weighted by molar-refractivity contribution is 7.86. The molecule has 7 heteroatoms. The van der Waals surface area contributed by atoms with Gasteiger partial charge in [-0.3, -0.25) is 9.00 Å². The van der Waals surface area contributed by atoms with Crippen LogP contribution in [0.15, 0.2) is 21.6 Å². The fourth-order valence-corrected chi connectivity index (χ4v) is 2.26. The summed E-state index contributed by atoms with van der Waals surface area (Å²) in [5, 5.41) is 10.6. The van der Waals surface area contributed by atoms with Gasteiger partial charge in [0.1, 0.15) is 16.0 Å². The number of furan rings is 1. The SMILES string of the molecule is CC(C(=O)NC(C)(C)C)S(=O)c1ccc(C(=O)O)o1. The van der Waals surface area contributed by atoms with Crippen molar-refractivity contribution in [3.63, 3.8) is 0 Å². The summed E-state index contributed by atoms with van der Waals surface area (Å²) >= 11 is 0. The molecule has 1 amide bonds. The molecule has 0 fully saturated rings. The van der Waals surface area contributed by atoms with Crippen LogP contribution in [0.5, 0.6) is 0 Å². The molecule has 19 heavy (non-hydrogen) atoms. The number of carboxylic acids is 1. The summed E-state index contributed by atoms with van der Waals surface area (Å²) < 4.78 is 17.0. The highest BCUT2D eigenvalue weighted by atomic mass is 32.2. The first kappa shape index (κ1) is 15.4. The van der Waals surface area contributed by atoms with Crippen LogP contribution in [0.4, 0.5) is 0 Å². The normalized spacial score (nSPS) is 14.7. The molecular formula is C12H17NO5S. The second-order valence-electron chi connectivity index (χ2n) is 5.10. The van der Waals surface area contributed by atoms with Crippen LogP contribution in [0, 0.1) is 0 Å². The van der Waals surface area contributed by atoms with Crippen LogP contribution in [-0.4, -0.2) is 32.0 Å². The molecule has 0 spiro atoms. The lowest BCUT2D eigenvalue weighted by atomic mass is 10.1. The van der Waals surface area contributed by atoms with Crippen molar-refractivity contribution in [2.45, 2.75) is 43.6 Å². The van der Waals surface area contributed by atoms with Crippen LogP contribution in [0.3, 0.4) is 0 Å². The van der Waals surface area contributed by atoms with Crippen LogP contribution in [-0.2, 0) is 15.6 Å². The van der Waals surface area contributed by atoms with Crippen molar-refractivity contribution in [3.05, 3.63) is 17.9 Å². The van der Waals surface area contributed by atoms with E-state index < -0.39 is 27.6 Å². The Labute approximate surface area is 113 Å². The van der Waals surface area contributed by atoms with Gasteiger partial charge in [-0.05, 0) is 39.8 Å². The molecule has 0 bridgehead atoms. The van der Waals surface area contributed by atoms with E-state index in [1.54, 1.807) is 0 Å². The first-order valence-electron chi connectivity index (χ1n) is 5.67. The summed E-state index contributed by atoms with van der Waals surface area (Å²) in [6, 6.07) is 2.52. The van der Waals surface area contributed by atoms with E-state index >= 15 is 0 Å². The van der Waals surface area contributed by atoms with E-state index in [4.69, 9.17) is 9.52 Å². The fraction of sp³-hybridized carbons (Fsp3) is 0.500. The Bertz CT molecular complexity index is 514. The third-order valence-electron chi connectivity index (χ3n) is 2.18. The van der Waals surface area contributed by atoms with Crippen molar-refractivity contribution in [2.24, 2.45) is 0 Å². The van der Waals surface area contributed by atoms with E-state index in [-0.39, 0.29) is 16.8 Å². The van der Waals surface area contributed by atoms with Crippen molar-refractivity contribution in [2.75, 3.05) is 0 Å². The van der Waals surface area contributed by atoms with Gasteiger partial charge in [0, 0.05) is 5.54 Å². The van der Waals surface area contributed by atoms with Gasteiger partial charge >= 0.3 is 5.97 Å². The molecule has 0 aliphatic heterocycles. The maximum Gasteiger partial charge on any atom is 0.371 e. The summed E-state index contributed by atoms with van der Waals surface area (Å²) in [5.41, 5.74) is -0.426. The molecule has 6 nitrogen and oxygen atoms in total. The van der Waals surface area contributed by atoms with E-state index in [0.717, 1.165) is 0 Å². The molecule has 2 atom stereocenters. The van der Waals surface area contributed by atoms with Gasteiger partial charge in [-0.25, -0.2) is 4.79 Å². The van der Waals surface area contributed by atoms with Crippen molar-refractivity contribution >= 4 is 22.7 Å². The Morgan fingerprint density at radius 2 is 1.95 bits per heavy atom. The van der Waals surface area contributed by atoms with Gasteiger partial charge in [-0.15, -0.1) is 0 Å². The fourth-order valence-electron chi connectivity index (χ4n) is 1.29. The Hall–Kier alpha value is -1.63. The number of aromatic carboxylic acids is 1. The second-order valence-corrected chi connectivity index (χ2v) is 6.81. The average molecular weight is 287 g/mol. The van der Waals surface area contributed by atoms with Crippen LogP contribution in [0.2, 0.25) is 0 Å². The van der Waals surface area contributed by atoms with Gasteiger partial charge in [0.2, 0.25) is 11.7 Å². The Balaban J connectivity index is 2.81. The number of carbonyl (C=O) groups excluding carboxylic acids is 1. The zero-order valence-corrected chi connectivity index (χ0v) is 12.0. The second kappa shape index (κ2) is 5.56. The lowest BCUT2D eigenvalue weighted by molar-refractivity contribution is -0.121. The van der Waals surface area contributed by atoms with Crippen LogP contribution < -0.4 is 5.32 Å². The quantitative estimate of drug-likeness (QED) is 0.872. The average Bonchev–Trinajstić information content (AvgIpc) is 2.73. The molecule has 1 rings (SSSR count). The van der Waals surface area contributed by atoms with E-state index in [9.17, 15) is 13.8 Å². The first-order chi connectivity index (χ1) is 8.61. The van der Waals surface area contributed by atoms with Gasteiger partial charge < -0.3 is 14.8 Å². The zero-order chi connectivity index (χ0) is 14.8. The van der Waals surface area contributed by atoms with Crippen LogP contribution in [0.25, 0.3) is 0 Å². The van der Waals surface area contributed by atoms with E-state index in [0.29, 0.717) is 0 Å². The van der Waals surface area contributed by atoms with Gasteiger partial charge in [0.25, 0.3) is 0 Å². The first-order valence-corrected chi connectivity index (χ1v) is 6.89. The number of hydrogen-bond acceptors (Lipinski definition) is 4. The number of amides is 1. The molecular weight excluding hydrogens is 270 g/mol. The molecule has 2 unspecified atom stereocenters. The number of hydrogen-bond donors (Lipinski definition) is 2. The zero-order valence-electron chi connectivity index (χ0n) is 11.2. The third-order valence-corrected chi connectivity index (χ3v) is 3.65. The molecule has 0 aromatic carbocycles. The highest BCUT2D eigenvalue weighted by Crippen LogP contribution is 2.16. The van der Waals surface area contributed by atoms with Crippen molar-refractivity contribution in [1.82, 2.24) is 5.32 Å². The molecule has 1 heterocycles. The number of nitrogens with one attached hydrogen (secondary N) is 1. The smallest absolute Gasteiger partial charge is 0.371 e. The minimum Gasteiger partial charge on any atom is -0.475 e. The lowest BCUT2D eigenvalue weighted by Crippen LogP contribution is -2.46. The van der Waals surface area contributed by atoms with Crippen LogP contribution in [0.1, 0.15) is 38.2 Å². The molecule has 1 aromatic rings. The summed E-state index contributed by atoms with van der Waals surface area (Å²) in [5.74, 6) is -1.92. The molecule has 106 valence electrons. The predicted molar refractivity (Wildman–Crippen MR) is 69.4 cm³/mol. The van der Waals surface area contributed by atoms with Crippen molar-refractivity contribution in [1.29, 1.82) is 0 Å². The number of carboxylic acid groups (broad SMARTS) is 1. The van der Waals surface area contributed by atoms with E-state index in [2.05, 4.69) is 5.32 Å². The standard InChI is InChI=1S/C12H17NO5S/c1-7(10(14)13-12(2,3)4)19(17)9-6-5-8(18-9)11(15)16/h5-7H,1-4H3,(H,13,14)(H,15,16). The minimum atomic E-state index is -1.73. The van der Waals surface area contributed by atoms with Crippen LogP contribution >= 0.6 is 0 Å². The predicted octanol–water partition coefficient (Wildman–Crippen LogP) is 1.39. The maximum absolute atomic E-state index is 12.1. The summed E-state index contributed by atoms with van der Waals surface area (Å²) in [7, 11) is -1.73. The molecule has 0 radical (unpaired) electrons. The molecule has 0 aliphatic rings. The topological polar surface area (TPSA) is 96.6 Å². The molecule has 2 N–H and O–H groups in total. The lowest BCUT2D eigenvalue weighted by Gasteiger charge is -2.22. The summed E-state index contributed by atoms with van der Waals surface area (Å²) in [6.07, 6.45) is 0. The van der Waals surface area contributed by atoms with Gasteiger partial charge in [0.15, 0.2) is 5.09 Å². The third kappa shape index (κ3) is 4.20. The highest BCUT2D eigenvalue weighted by Gasteiger charge is 2.27. The summed E-state index contributed by atoms with van der Waals surface area (Å²) in [4.78, 5) is 22.5. The van der Waals surface area contributed by atoms with Crippen molar-refractivity contribution < 1.29 is 23.3 Å². The molecule has 0 saturated carbocycles. The van der Waals surface area contributed by atoms with E-state index in [1.807, 2.05) is 20.8 Å².